The van der Waals surface area contributed by atoms with Crippen molar-refractivity contribution in [2.24, 2.45) is 0 Å². The molecular weight excluding hydrogens is 387 g/mol. The molecule has 4 heteroatoms. The number of aryl methyl sites for hydroxylation is 1. The second-order valence-electron chi connectivity index (χ2n) is 4.49. The van der Waals surface area contributed by atoms with E-state index in [9.17, 15) is 4.39 Å². The summed E-state index contributed by atoms with van der Waals surface area (Å²) in [6.07, 6.45) is 0. The van der Waals surface area contributed by atoms with Gasteiger partial charge in [0.05, 0.1) is 15.9 Å². The van der Waals surface area contributed by atoms with E-state index in [0.717, 1.165) is 26.9 Å². The maximum Gasteiger partial charge on any atom is 0.133 e. The van der Waals surface area contributed by atoms with Crippen molar-refractivity contribution in [3.8, 4) is 5.75 Å². The van der Waals surface area contributed by atoms with E-state index in [1.807, 2.05) is 32.0 Å². The highest BCUT2D eigenvalue weighted by Gasteiger charge is 2.15. The smallest absolute Gasteiger partial charge is 0.133 e. The van der Waals surface area contributed by atoms with Gasteiger partial charge >= 0.3 is 0 Å². The summed E-state index contributed by atoms with van der Waals surface area (Å²) in [5.41, 5.74) is 3.04. The summed E-state index contributed by atoms with van der Waals surface area (Å²) in [7, 11) is 0. The van der Waals surface area contributed by atoms with Crippen molar-refractivity contribution in [3.05, 3.63) is 63.4 Å². The minimum absolute atomic E-state index is 0.0508. The lowest BCUT2D eigenvalue weighted by molar-refractivity contribution is 0.338. The van der Waals surface area contributed by atoms with E-state index in [1.165, 1.54) is 6.07 Å². The first-order valence-corrected chi connectivity index (χ1v) is 8.06. The van der Waals surface area contributed by atoms with Crippen LogP contribution in [0.1, 0.15) is 28.4 Å². The van der Waals surface area contributed by atoms with Crippen molar-refractivity contribution in [3.63, 3.8) is 0 Å². The van der Waals surface area contributed by atoms with Gasteiger partial charge in [0.15, 0.2) is 0 Å². The van der Waals surface area contributed by atoms with Crippen molar-refractivity contribution < 1.29 is 9.13 Å². The normalized spacial score (nSPS) is 12.2. The van der Waals surface area contributed by atoms with E-state index in [-0.39, 0.29) is 10.6 Å². The van der Waals surface area contributed by atoms with Crippen LogP contribution in [0.2, 0.25) is 0 Å². The van der Waals surface area contributed by atoms with Crippen LogP contribution in [-0.4, -0.2) is 6.61 Å². The quantitative estimate of drug-likeness (QED) is 0.590. The Bertz CT molecular complexity index is 613. The van der Waals surface area contributed by atoms with Crippen LogP contribution < -0.4 is 4.74 Å². The first kappa shape index (κ1) is 15.5. The number of ether oxygens (including phenoxy) is 1. The molecule has 1 atom stereocenters. The van der Waals surface area contributed by atoms with Crippen molar-refractivity contribution in [1.29, 1.82) is 0 Å². The standard InChI is InChI=1S/C16H15Br2FO/c1-3-20-15-7-5-11(8-14(15)17)16(18)13-9-12(19)6-4-10(13)2/h4-9,16H,3H2,1-2H3. The van der Waals surface area contributed by atoms with Crippen molar-refractivity contribution >= 4 is 31.9 Å². The topological polar surface area (TPSA) is 9.23 Å². The van der Waals surface area contributed by atoms with Crippen LogP contribution >= 0.6 is 31.9 Å². The van der Waals surface area contributed by atoms with Crippen molar-refractivity contribution in [2.45, 2.75) is 18.7 Å². The van der Waals surface area contributed by atoms with Crippen LogP contribution in [0.5, 0.6) is 5.75 Å². The Morgan fingerprint density at radius 2 is 1.95 bits per heavy atom. The molecule has 0 aliphatic heterocycles. The van der Waals surface area contributed by atoms with E-state index >= 15 is 0 Å². The molecular formula is C16H15Br2FO. The average molecular weight is 402 g/mol. The van der Waals surface area contributed by atoms with E-state index in [4.69, 9.17) is 4.74 Å². The summed E-state index contributed by atoms with van der Waals surface area (Å²) in [4.78, 5) is -0.0508. The van der Waals surface area contributed by atoms with Gasteiger partial charge in [-0.2, -0.15) is 0 Å². The van der Waals surface area contributed by atoms with Gasteiger partial charge in [-0.1, -0.05) is 28.1 Å². The molecule has 0 aromatic heterocycles. The van der Waals surface area contributed by atoms with Crippen LogP contribution in [0.25, 0.3) is 0 Å². The third-order valence-electron chi connectivity index (χ3n) is 3.06. The molecule has 20 heavy (non-hydrogen) atoms. The Labute approximate surface area is 135 Å². The molecule has 2 rings (SSSR count). The number of hydrogen-bond donors (Lipinski definition) is 0. The Kier molecular flexibility index (Phi) is 5.22. The molecule has 1 nitrogen and oxygen atoms in total. The number of hydrogen-bond acceptors (Lipinski definition) is 1. The first-order valence-electron chi connectivity index (χ1n) is 6.35. The molecule has 1 unspecified atom stereocenters. The maximum absolute atomic E-state index is 13.4. The van der Waals surface area contributed by atoms with Crippen LogP contribution in [0.15, 0.2) is 40.9 Å². The summed E-state index contributed by atoms with van der Waals surface area (Å²) < 4.78 is 19.8. The largest absolute Gasteiger partial charge is 0.493 e. The Morgan fingerprint density at radius 3 is 2.60 bits per heavy atom. The lowest BCUT2D eigenvalue weighted by Gasteiger charge is -2.15. The fraction of sp³-hybridized carbons (Fsp3) is 0.250. The predicted molar refractivity (Wildman–Crippen MR) is 87.2 cm³/mol. The third kappa shape index (κ3) is 3.41. The predicted octanol–water partition coefficient (Wildman–Crippen LogP) is 5.78. The summed E-state index contributed by atoms with van der Waals surface area (Å²) in [6, 6.07) is 10.7. The molecule has 0 aliphatic rings. The van der Waals surface area contributed by atoms with E-state index in [1.54, 1.807) is 12.1 Å². The third-order valence-corrected chi connectivity index (χ3v) is 4.70. The highest BCUT2D eigenvalue weighted by molar-refractivity contribution is 9.10. The molecule has 0 saturated carbocycles. The van der Waals surface area contributed by atoms with E-state index in [0.29, 0.717) is 6.61 Å². The molecule has 0 spiro atoms. The average Bonchev–Trinajstić information content (AvgIpc) is 2.43. The Balaban J connectivity index is 2.35. The van der Waals surface area contributed by atoms with Crippen molar-refractivity contribution in [2.75, 3.05) is 6.61 Å². The van der Waals surface area contributed by atoms with Gasteiger partial charge in [-0.3, -0.25) is 0 Å². The fourth-order valence-corrected chi connectivity index (χ4v) is 3.30. The van der Waals surface area contributed by atoms with E-state index in [2.05, 4.69) is 31.9 Å². The zero-order valence-corrected chi connectivity index (χ0v) is 14.5. The fourth-order valence-electron chi connectivity index (χ4n) is 2.01. The van der Waals surface area contributed by atoms with E-state index < -0.39 is 0 Å². The second-order valence-corrected chi connectivity index (χ2v) is 6.26. The lowest BCUT2D eigenvalue weighted by atomic mass is 10.0. The van der Waals surface area contributed by atoms with Crippen LogP contribution in [0.3, 0.4) is 0 Å². The van der Waals surface area contributed by atoms with Gasteiger partial charge in [0.2, 0.25) is 0 Å². The number of rotatable bonds is 4. The molecule has 0 radical (unpaired) electrons. The molecule has 0 heterocycles. The zero-order chi connectivity index (χ0) is 14.7. The molecule has 0 saturated heterocycles. The highest BCUT2D eigenvalue weighted by atomic mass is 79.9. The number of benzene rings is 2. The van der Waals surface area contributed by atoms with Gasteiger partial charge in [0.25, 0.3) is 0 Å². The van der Waals surface area contributed by atoms with Gasteiger partial charge in [-0.25, -0.2) is 4.39 Å². The summed E-state index contributed by atoms with van der Waals surface area (Å²) in [6.45, 7) is 4.55. The maximum atomic E-state index is 13.4. The SMILES string of the molecule is CCOc1ccc(C(Br)c2cc(F)ccc2C)cc1Br. The highest BCUT2D eigenvalue weighted by Crippen LogP contribution is 2.36. The molecule has 0 amide bonds. The molecule has 0 fully saturated rings. The molecule has 2 aromatic rings. The molecule has 2 aromatic carbocycles. The molecule has 0 N–H and O–H groups in total. The van der Waals surface area contributed by atoms with Gasteiger partial charge in [0, 0.05) is 0 Å². The monoisotopic (exact) mass is 400 g/mol. The minimum Gasteiger partial charge on any atom is -0.493 e. The molecule has 0 bridgehead atoms. The molecule has 0 aliphatic carbocycles. The van der Waals surface area contributed by atoms with Crippen molar-refractivity contribution in [1.82, 2.24) is 0 Å². The van der Waals surface area contributed by atoms with Gasteiger partial charge in [-0.05, 0) is 70.7 Å². The summed E-state index contributed by atoms with van der Waals surface area (Å²) >= 11 is 7.15. The van der Waals surface area contributed by atoms with Gasteiger partial charge in [-0.15, -0.1) is 0 Å². The van der Waals surface area contributed by atoms with Crippen LogP contribution in [-0.2, 0) is 0 Å². The lowest BCUT2D eigenvalue weighted by Crippen LogP contribution is -1.98. The minimum atomic E-state index is -0.222. The molecule has 106 valence electrons. The Morgan fingerprint density at radius 1 is 1.20 bits per heavy atom. The zero-order valence-electron chi connectivity index (χ0n) is 11.3. The van der Waals surface area contributed by atoms with Crippen LogP contribution in [0, 0.1) is 12.7 Å². The van der Waals surface area contributed by atoms with Gasteiger partial charge in [0.1, 0.15) is 11.6 Å². The number of alkyl halides is 1. The second kappa shape index (κ2) is 6.72. The summed E-state index contributed by atoms with van der Waals surface area (Å²) in [5.74, 6) is 0.590. The number of halogens is 3. The first-order chi connectivity index (χ1) is 9.52. The summed E-state index contributed by atoms with van der Waals surface area (Å²) in [5, 5.41) is 0. The van der Waals surface area contributed by atoms with Gasteiger partial charge < -0.3 is 4.74 Å². The Hall–Kier alpha value is -0.870. The van der Waals surface area contributed by atoms with Crippen LogP contribution in [0.4, 0.5) is 4.39 Å².